The van der Waals surface area contributed by atoms with Gasteiger partial charge in [-0.05, 0) is 0 Å². The molecule has 0 aromatic heterocycles. The van der Waals surface area contributed by atoms with Crippen LogP contribution in [0.4, 0.5) is 17.6 Å². The molecule has 5 heteroatoms. The zero-order chi connectivity index (χ0) is 11.1. The van der Waals surface area contributed by atoms with Crippen LogP contribution in [0.25, 0.3) is 0 Å². The minimum absolute atomic E-state index is 0.0377. The number of halogens is 4. The van der Waals surface area contributed by atoms with E-state index in [4.69, 9.17) is 0 Å². The quantitative estimate of drug-likeness (QED) is 0.324. The van der Waals surface area contributed by atoms with Gasteiger partial charge in [0.05, 0.1) is 0 Å². The van der Waals surface area contributed by atoms with Crippen molar-refractivity contribution < 1.29 is 17.6 Å². The third-order valence-electron chi connectivity index (χ3n) is 1.91. The molecule has 0 saturated heterocycles. The summed E-state index contributed by atoms with van der Waals surface area (Å²) in [6.07, 6.45) is 0. The van der Waals surface area contributed by atoms with Crippen LogP contribution in [0.3, 0.4) is 0 Å². The summed E-state index contributed by atoms with van der Waals surface area (Å²) in [6.45, 7) is 0. The van der Waals surface area contributed by atoms with Crippen molar-refractivity contribution in [2.45, 2.75) is 14.8 Å². The number of benzene rings is 1. The Bertz CT molecular complexity index is 368. The third kappa shape index (κ3) is 2.04. The van der Waals surface area contributed by atoms with Gasteiger partial charge in [0, 0.05) is 0 Å². The zero-order valence-corrected chi connectivity index (χ0v) is 10.9. The van der Waals surface area contributed by atoms with Crippen molar-refractivity contribution in [2.24, 2.45) is 0 Å². The van der Waals surface area contributed by atoms with Crippen molar-refractivity contribution >= 4 is 22.0 Å². The van der Waals surface area contributed by atoms with E-state index in [1.54, 1.807) is 14.8 Å². The molecule has 1 aromatic carbocycles. The van der Waals surface area contributed by atoms with Gasteiger partial charge in [-0.3, -0.25) is 0 Å². The van der Waals surface area contributed by atoms with Crippen LogP contribution in [0.1, 0.15) is 0 Å². The predicted molar refractivity (Wildman–Crippen MR) is 49.3 cm³/mol. The molecular formula is C9H10F4Sn. The first-order chi connectivity index (χ1) is 6.25. The van der Waals surface area contributed by atoms with Gasteiger partial charge in [-0.2, -0.15) is 0 Å². The van der Waals surface area contributed by atoms with Crippen molar-refractivity contribution in [1.82, 2.24) is 0 Å². The molecule has 0 radical (unpaired) electrons. The van der Waals surface area contributed by atoms with E-state index in [9.17, 15) is 17.6 Å². The number of rotatable bonds is 1. The number of hydrogen-bond acceptors (Lipinski definition) is 0. The van der Waals surface area contributed by atoms with E-state index < -0.39 is 41.6 Å². The third-order valence-corrected chi connectivity index (χ3v) is 7.56. The van der Waals surface area contributed by atoms with Crippen LogP contribution in [0, 0.1) is 23.3 Å². The topological polar surface area (TPSA) is 0 Å². The van der Waals surface area contributed by atoms with Crippen molar-refractivity contribution in [1.29, 1.82) is 0 Å². The average molecular weight is 313 g/mol. The Morgan fingerprint density at radius 1 is 0.857 bits per heavy atom. The van der Waals surface area contributed by atoms with Crippen molar-refractivity contribution in [3.05, 3.63) is 29.3 Å². The van der Waals surface area contributed by atoms with Crippen LogP contribution in [0.5, 0.6) is 0 Å². The molecule has 0 nitrogen and oxygen atoms in total. The van der Waals surface area contributed by atoms with Gasteiger partial charge < -0.3 is 0 Å². The Hall–Kier alpha value is -0.261. The molecule has 1 rings (SSSR count). The van der Waals surface area contributed by atoms with Crippen LogP contribution in [-0.2, 0) is 0 Å². The Morgan fingerprint density at radius 2 is 1.36 bits per heavy atom. The van der Waals surface area contributed by atoms with Gasteiger partial charge in [0.25, 0.3) is 0 Å². The molecule has 0 atom stereocenters. The molecule has 0 amide bonds. The maximum atomic E-state index is 13.2. The van der Waals surface area contributed by atoms with Crippen LogP contribution in [0.15, 0.2) is 6.07 Å². The van der Waals surface area contributed by atoms with E-state index >= 15 is 0 Å². The summed E-state index contributed by atoms with van der Waals surface area (Å²) < 4.78 is 51.5. The molecule has 0 aliphatic carbocycles. The number of hydrogen-bond donors (Lipinski definition) is 0. The molecular weight excluding hydrogens is 303 g/mol. The summed E-state index contributed by atoms with van der Waals surface area (Å²) in [4.78, 5) is 5.39. The summed E-state index contributed by atoms with van der Waals surface area (Å²) in [7, 11) is 0. The van der Waals surface area contributed by atoms with Crippen LogP contribution >= 0.6 is 0 Å². The summed E-state index contributed by atoms with van der Waals surface area (Å²) >= 11 is -2.91. The monoisotopic (exact) mass is 314 g/mol. The van der Waals surface area contributed by atoms with E-state index in [1.165, 1.54) is 0 Å². The van der Waals surface area contributed by atoms with Gasteiger partial charge >= 0.3 is 83.7 Å². The molecule has 0 unspecified atom stereocenters. The van der Waals surface area contributed by atoms with E-state index in [2.05, 4.69) is 0 Å². The first-order valence-corrected chi connectivity index (χ1v) is 14.1. The van der Waals surface area contributed by atoms with Gasteiger partial charge in [0.15, 0.2) is 0 Å². The summed E-state index contributed by atoms with van der Waals surface area (Å²) in [5, 5.41) is 0. The minimum atomic E-state index is -2.91. The van der Waals surface area contributed by atoms with Gasteiger partial charge in [-0.25, -0.2) is 0 Å². The first-order valence-electron chi connectivity index (χ1n) is 4.08. The average Bonchev–Trinajstić information content (AvgIpc) is 2.06. The molecule has 0 spiro atoms. The molecule has 0 fully saturated rings. The van der Waals surface area contributed by atoms with Gasteiger partial charge in [0.2, 0.25) is 0 Å². The molecule has 0 N–H and O–H groups in total. The van der Waals surface area contributed by atoms with Gasteiger partial charge in [-0.1, -0.05) is 0 Å². The Labute approximate surface area is 83.8 Å². The van der Waals surface area contributed by atoms with Crippen molar-refractivity contribution in [3.63, 3.8) is 0 Å². The molecule has 0 saturated carbocycles. The Kier molecular flexibility index (Phi) is 3.13. The van der Waals surface area contributed by atoms with Gasteiger partial charge in [-0.15, -0.1) is 0 Å². The molecule has 0 heterocycles. The second-order valence-corrected chi connectivity index (χ2v) is 18.5. The molecule has 0 aliphatic heterocycles. The SMILES string of the molecule is [CH3][Sn]([CH3])([CH3])[c]1cc(F)c(F)c(F)c1F. The molecule has 14 heavy (non-hydrogen) atoms. The maximum absolute atomic E-state index is 13.2. The summed E-state index contributed by atoms with van der Waals surface area (Å²) in [6, 6.07) is 0.782. The standard InChI is InChI=1S/C6HF4.3CH3.Sn/c7-3-1-2-4(8)6(10)5(3)9;;;;/h1H;3*1H3;. The molecule has 0 aliphatic rings. The van der Waals surface area contributed by atoms with E-state index in [1.807, 2.05) is 0 Å². The predicted octanol–water partition coefficient (Wildman–Crippen LogP) is 2.79. The van der Waals surface area contributed by atoms with Crippen LogP contribution in [-0.4, -0.2) is 18.4 Å². The second kappa shape index (κ2) is 3.71. The molecule has 0 bridgehead atoms. The Morgan fingerprint density at radius 3 is 1.79 bits per heavy atom. The van der Waals surface area contributed by atoms with Gasteiger partial charge in [0.1, 0.15) is 0 Å². The molecule has 78 valence electrons. The van der Waals surface area contributed by atoms with Crippen LogP contribution < -0.4 is 3.58 Å². The van der Waals surface area contributed by atoms with E-state index in [-0.39, 0.29) is 3.58 Å². The normalized spacial score (nSPS) is 11.9. The fourth-order valence-electron chi connectivity index (χ4n) is 1.12. The molecule has 1 aromatic rings. The fourth-order valence-corrected chi connectivity index (χ4v) is 4.91. The second-order valence-electron chi connectivity index (χ2n) is 4.10. The Balaban J connectivity index is 3.49. The first kappa shape index (κ1) is 11.8. The fraction of sp³-hybridized carbons (Fsp3) is 0.333. The summed E-state index contributed by atoms with van der Waals surface area (Å²) in [5.41, 5.74) is 0. The zero-order valence-electron chi connectivity index (χ0n) is 8.09. The summed E-state index contributed by atoms with van der Waals surface area (Å²) in [5.74, 6) is -5.98. The van der Waals surface area contributed by atoms with Crippen LogP contribution in [0.2, 0.25) is 14.8 Å². The van der Waals surface area contributed by atoms with Crippen molar-refractivity contribution in [3.8, 4) is 0 Å². The van der Waals surface area contributed by atoms with E-state index in [0.29, 0.717) is 0 Å². The van der Waals surface area contributed by atoms with Crippen molar-refractivity contribution in [2.75, 3.05) is 0 Å². The van der Waals surface area contributed by atoms with E-state index in [0.717, 1.165) is 6.07 Å².